The minimum atomic E-state index is 0.146. The quantitative estimate of drug-likeness (QED) is 0.121. The molecule has 5 aromatic carbocycles. The lowest BCUT2D eigenvalue weighted by molar-refractivity contribution is 0.444. The van der Waals surface area contributed by atoms with Crippen LogP contribution in [0.1, 0.15) is 43.6 Å². The van der Waals surface area contributed by atoms with E-state index in [1.54, 1.807) is 23.5 Å². The fourth-order valence-electron chi connectivity index (χ4n) is 7.93. The molecule has 1 aliphatic carbocycles. The molecule has 2 aliphatic heterocycles. The van der Waals surface area contributed by atoms with Crippen molar-refractivity contribution in [3.05, 3.63) is 103 Å². The van der Waals surface area contributed by atoms with Gasteiger partial charge in [-0.15, -0.1) is 47.0 Å². The van der Waals surface area contributed by atoms with Crippen LogP contribution < -0.4 is 26.2 Å². The molecule has 0 atom stereocenters. The topological polar surface area (TPSA) is 6.48 Å². The van der Waals surface area contributed by atoms with Crippen LogP contribution in [-0.2, 0) is 0 Å². The monoisotopic (exact) mass is 686 g/mol. The normalized spacial score (nSPS) is 15.4. The van der Waals surface area contributed by atoms with Gasteiger partial charge in [-0.3, -0.25) is 0 Å². The molecule has 0 N–H and O–H groups in total. The number of benzene rings is 5. The second-order valence-electron chi connectivity index (χ2n) is 12.7. The van der Waals surface area contributed by atoms with Crippen molar-refractivity contribution in [3.63, 3.8) is 0 Å². The Balaban J connectivity index is 1.46. The Morgan fingerprint density at radius 1 is 0.489 bits per heavy atom. The molecular weight excluding hydrogens is 648 g/mol. The third-order valence-corrected chi connectivity index (χ3v) is 13.2. The number of rotatable bonds is 7. The maximum Gasteiger partial charge on any atom is 0.252 e. The minimum absolute atomic E-state index is 0.146. The second-order valence-corrected chi connectivity index (χ2v) is 16.2. The summed E-state index contributed by atoms with van der Waals surface area (Å²) in [7, 11) is 0. The van der Waals surface area contributed by atoms with Gasteiger partial charge in [0.2, 0.25) is 0 Å². The van der Waals surface area contributed by atoms with Crippen molar-refractivity contribution in [2.24, 2.45) is 0 Å². The summed E-state index contributed by atoms with van der Waals surface area (Å²) in [4.78, 5) is 10.3. The molecule has 8 rings (SSSR count). The Bertz CT molecular complexity index is 1810. The summed E-state index contributed by atoms with van der Waals surface area (Å²) >= 11 is 7.27. The Labute approximate surface area is 297 Å². The molecule has 0 amide bonds. The van der Waals surface area contributed by atoms with E-state index in [0.717, 1.165) is 0 Å². The Hall–Kier alpha value is -2.84. The first-order valence-electron chi connectivity index (χ1n) is 16.5. The number of hydrogen-bond acceptors (Lipinski definition) is 6. The molecule has 1 fully saturated rings. The lowest BCUT2D eigenvalue weighted by Crippen LogP contribution is -2.61. The lowest BCUT2D eigenvalue weighted by atomic mass is 9.33. The molecule has 0 radical (unpaired) electrons. The van der Waals surface area contributed by atoms with Gasteiger partial charge in [0.05, 0.1) is 0 Å². The van der Waals surface area contributed by atoms with E-state index in [2.05, 4.69) is 132 Å². The first kappa shape index (κ1) is 31.4. The van der Waals surface area contributed by atoms with Gasteiger partial charge in [0, 0.05) is 53.7 Å². The summed E-state index contributed by atoms with van der Waals surface area (Å²) in [6.45, 7) is 0.146. The summed E-state index contributed by atoms with van der Waals surface area (Å²) in [5, 5.41) is 0. The molecule has 0 aromatic heterocycles. The Morgan fingerprint density at radius 2 is 0.915 bits per heavy atom. The summed E-state index contributed by atoms with van der Waals surface area (Å²) in [6.07, 6.45) is 15.2. The van der Waals surface area contributed by atoms with E-state index in [4.69, 9.17) is 0 Å². The molecule has 47 heavy (non-hydrogen) atoms. The fraction of sp³-hybridized carbons (Fsp3) is 0.250. The first-order chi connectivity index (χ1) is 23.1. The molecule has 0 saturated heterocycles. The van der Waals surface area contributed by atoms with Gasteiger partial charge in [-0.05, 0) is 151 Å². The van der Waals surface area contributed by atoms with Gasteiger partial charge in [-0.1, -0.05) is 31.4 Å². The number of thioether (sulfide) groups is 4. The van der Waals surface area contributed by atoms with E-state index in [-0.39, 0.29) is 6.71 Å². The molecule has 7 heteroatoms. The van der Waals surface area contributed by atoms with Gasteiger partial charge in [0.15, 0.2) is 0 Å². The van der Waals surface area contributed by atoms with E-state index in [1.165, 1.54) is 108 Å². The van der Waals surface area contributed by atoms with Crippen molar-refractivity contribution < 1.29 is 0 Å². The van der Waals surface area contributed by atoms with Crippen molar-refractivity contribution >= 4 is 104 Å². The molecule has 5 aromatic rings. The van der Waals surface area contributed by atoms with E-state index in [1.807, 2.05) is 23.5 Å². The van der Waals surface area contributed by atoms with Gasteiger partial charge < -0.3 is 9.80 Å². The zero-order valence-corrected chi connectivity index (χ0v) is 30.7. The summed E-state index contributed by atoms with van der Waals surface area (Å²) in [5.74, 6) is 0.589. The van der Waals surface area contributed by atoms with Crippen molar-refractivity contribution in [1.82, 2.24) is 0 Å². The van der Waals surface area contributed by atoms with Crippen LogP contribution in [0.25, 0.3) is 0 Å². The van der Waals surface area contributed by atoms with E-state index in [0.29, 0.717) is 5.92 Å². The molecule has 0 bridgehead atoms. The van der Waals surface area contributed by atoms with Crippen LogP contribution in [0, 0.1) is 0 Å². The van der Waals surface area contributed by atoms with Gasteiger partial charge in [-0.2, -0.15) is 0 Å². The van der Waals surface area contributed by atoms with Gasteiger partial charge >= 0.3 is 0 Å². The van der Waals surface area contributed by atoms with Gasteiger partial charge in [-0.25, -0.2) is 0 Å². The van der Waals surface area contributed by atoms with Crippen molar-refractivity contribution in [3.8, 4) is 0 Å². The largest absolute Gasteiger partial charge is 0.311 e. The van der Waals surface area contributed by atoms with Crippen LogP contribution in [0.5, 0.6) is 0 Å². The molecule has 3 aliphatic rings. The fourth-order valence-corrected chi connectivity index (χ4v) is 9.64. The summed E-state index contributed by atoms with van der Waals surface area (Å²) in [6, 6.07) is 37.9. The maximum absolute atomic E-state index is 2.58. The predicted octanol–water partition coefficient (Wildman–Crippen LogP) is 10.7. The van der Waals surface area contributed by atoms with Crippen molar-refractivity contribution in [2.75, 3.05) is 34.8 Å². The summed E-state index contributed by atoms with van der Waals surface area (Å²) < 4.78 is 0. The van der Waals surface area contributed by atoms with Crippen LogP contribution in [-0.4, -0.2) is 31.7 Å². The molecular formula is C40H39BN2S4. The third-order valence-electron chi connectivity index (χ3n) is 10.2. The maximum atomic E-state index is 2.58. The highest BCUT2D eigenvalue weighted by Crippen LogP contribution is 2.47. The number of nitrogens with zero attached hydrogens (tertiary/aromatic N) is 2. The van der Waals surface area contributed by atoms with Crippen LogP contribution in [0.2, 0.25) is 0 Å². The number of fused-ring (bicyclic) bond motifs is 4. The summed E-state index contributed by atoms with van der Waals surface area (Å²) in [5.41, 5.74) is 13.4. The smallest absolute Gasteiger partial charge is 0.252 e. The molecule has 0 unspecified atom stereocenters. The SMILES string of the molecule is CSc1ccc(N2c3ccc(SC)cc3B3c4cc(SC)ccc4N(c4ccc(SC)cc4)c4cc(C5CCCCC5)cc2c43)cc1. The number of anilines is 6. The van der Waals surface area contributed by atoms with E-state index < -0.39 is 0 Å². The third kappa shape index (κ3) is 5.51. The van der Waals surface area contributed by atoms with Crippen molar-refractivity contribution in [2.45, 2.75) is 57.6 Å². The zero-order valence-electron chi connectivity index (χ0n) is 27.5. The average Bonchev–Trinajstić information content (AvgIpc) is 3.14. The van der Waals surface area contributed by atoms with Crippen LogP contribution in [0.3, 0.4) is 0 Å². The molecule has 2 nitrogen and oxygen atoms in total. The second kappa shape index (κ2) is 13.2. The minimum Gasteiger partial charge on any atom is -0.311 e. The average molecular weight is 687 g/mol. The van der Waals surface area contributed by atoms with Crippen LogP contribution in [0.4, 0.5) is 34.1 Å². The molecule has 236 valence electrons. The zero-order chi connectivity index (χ0) is 32.1. The van der Waals surface area contributed by atoms with E-state index in [9.17, 15) is 0 Å². The highest BCUT2D eigenvalue weighted by atomic mass is 32.2. The van der Waals surface area contributed by atoms with Crippen molar-refractivity contribution in [1.29, 1.82) is 0 Å². The van der Waals surface area contributed by atoms with Crippen LogP contribution >= 0.6 is 47.0 Å². The number of hydrogen-bond donors (Lipinski definition) is 0. The Morgan fingerprint density at radius 3 is 1.34 bits per heavy atom. The van der Waals surface area contributed by atoms with Crippen LogP contribution in [0.15, 0.2) is 117 Å². The van der Waals surface area contributed by atoms with E-state index >= 15 is 0 Å². The lowest BCUT2D eigenvalue weighted by Gasteiger charge is -2.45. The molecule has 0 spiro atoms. The first-order valence-corrected chi connectivity index (χ1v) is 21.4. The molecule has 1 saturated carbocycles. The highest BCUT2D eigenvalue weighted by Gasteiger charge is 2.44. The molecule has 2 heterocycles. The predicted molar refractivity (Wildman–Crippen MR) is 213 cm³/mol. The Kier molecular flexibility index (Phi) is 8.85. The van der Waals surface area contributed by atoms with Gasteiger partial charge in [0.1, 0.15) is 0 Å². The standard InChI is InChI=1S/C40H39BN2S4/c1-44-30-14-10-28(11-15-30)42-36-20-18-32(46-3)24-34(36)41-35-25-33(47-4)19-21-37(35)43(29-12-16-31(45-2)17-13-29)39-23-27(22-38(42)40(39)41)26-8-6-5-7-9-26/h10-26H,5-9H2,1-4H3. The highest BCUT2D eigenvalue weighted by molar-refractivity contribution is 7.99. The van der Waals surface area contributed by atoms with Gasteiger partial charge in [0.25, 0.3) is 6.71 Å².